The van der Waals surface area contributed by atoms with E-state index < -0.39 is 69.5 Å². The molecule has 0 aromatic rings. The summed E-state index contributed by atoms with van der Waals surface area (Å²) in [5.41, 5.74) is 0. The second-order valence-electron chi connectivity index (χ2n) is 6.04. The first-order chi connectivity index (χ1) is 14.3. The van der Waals surface area contributed by atoms with Gasteiger partial charge in [-0.1, -0.05) is 6.92 Å². The van der Waals surface area contributed by atoms with Gasteiger partial charge >= 0.3 is 52.9 Å². The average Bonchev–Trinajstić information content (AvgIpc) is 2.59. The second-order valence-corrected chi connectivity index (χ2v) is 7.84. The average molecular weight is 577 g/mol. The maximum atomic E-state index is 13.5. The van der Waals surface area contributed by atoms with E-state index in [2.05, 4.69) is 0 Å². The Bertz CT molecular complexity index is 858. The molecule has 0 saturated carbocycles. The van der Waals surface area contributed by atoms with Gasteiger partial charge in [0.1, 0.15) is 0 Å². The minimum absolute atomic E-state index is 0.306. The fourth-order valence-corrected chi connectivity index (χ4v) is 2.82. The summed E-state index contributed by atoms with van der Waals surface area (Å²) in [6.07, 6.45) is -7.97. The van der Waals surface area contributed by atoms with Crippen LogP contribution in [0.1, 0.15) is 6.92 Å². The Kier molecular flexibility index (Phi) is 7.71. The molecule has 0 rings (SSSR count). The van der Waals surface area contributed by atoms with Crippen molar-refractivity contribution in [2.75, 3.05) is 6.54 Å². The lowest BCUT2D eigenvalue weighted by atomic mass is 9.89. The normalized spacial score (nSPS) is 16.7. The summed E-state index contributed by atoms with van der Waals surface area (Å²) in [7, 11) is -7.26. The predicted molar refractivity (Wildman–Crippen MR) is 68.2 cm³/mol. The predicted octanol–water partition coefficient (Wildman–Crippen LogP) is 5.53. The van der Waals surface area contributed by atoms with Crippen LogP contribution >= 0.6 is 0 Å². The first-order valence-electron chi connectivity index (χ1n) is 7.39. The van der Waals surface area contributed by atoms with E-state index in [1.165, 1.54) is 0 Å². The molecule has 23 heteroatoms. The van der Waals surface area contributed by atoms with Gasteiger partial charge in [-0.15, -0.1) is 0 Å². The molecule has 34 heavy (non-hydrogen) atoms. The molecule has 0 aliphatic carbocycles. The lowest BCUT2D eigenvalue weighted by Crippen LogP contribution is -2.76. The SMILES string of the molecule is CCNS(=O)(=O)C(F)(F)C(F)(F)C(F)(F)C(F)(F)C(F)(F)C(F)(F)C(F)(F)C(F)(F)C(F)(F)F. The van der Waals surface area contributed by atoms with Gasteiger partial charge < -0.3 is 0 Å². The lowest BCUT2D eigenvalue weighted by Gasteiger charge is -2.43. The molecule has 0 atom stereocenters. The summed E-state index contributed by atoms with van der Waals surface area (Å²) in [5.74, 6) is -61.6. The Morgan fingerprint density at radius 2 is 0.706 bits per heavy atom. The highest BCUT2D eigenvalue weighted by atomic mass is 32.2. The smallest absolute Gasteiger partial charge is 0.210 e. The fraction of sp³-hybridized carbons (Fsp3) is 1.00. The maximum Gasteiger partial charge on any atom is 0.460 e. The molecule has 0 radical (unpaired) electrons. The minimum atomic E-state index is -9.09. The molecule has 0 aliphatic rings. The van der Waals surface area contributed by atoms with Gasteiger partial charge in [-0.25, -0.2) is 13.1 Å². The zero-order chi connectivity index (χ0) is 28.4. The molecular formula is C11H6F19NO2S. The van der Waals surface area contributed by atoms with Gasteiger partial charge in [-0.05, 0) is 0 Å². The van der Waals surface area contributed by atoms with Crippen LogP contribution in [0.4, 0.5) is 83.4 Å². The molecule has 0 spiro atoms. The largest absolute Gasteiger partial charge is 0.460 e. The van der Waals surface area contributed by atoms with Gasteiger partial charge in [-0.3, -0.25) is 0 Å². The van der Waals surface area contributed by atoms with E-state index in [9.17, 15) is 91.8 Å². The van der Waals surface area contributed by atoms with E-state index in [0.717, 1.165) is 0 Å². The van der Waals surface area contributed by atoms with E-state index in [1.807, 2.05) is 0 Å². The highest BCUT2D eigenvalue weighted by Gasteiger charge is 2.97. The van der Waals surface area contributed by atoms with Crippen molar-refractivity contribution in [2.24, 2.45) is 0 Å². The maximum absolute atomic E-state index is 13.5. The molecule has 0 aromatic carbocycles. The van der Waals surface area contributed by atoms with Gasteiger partial charge in [0.2, 0.25) is 0 Å². The molecule has 0 amide bonds. The van der Waals surface area contributed by atoms with Crippen LogP contribution in [0, 0.1) is 0 Å². The molecule has 1 N–H and O–H groups in total. The molecule has 3 nitrogen and oxygen atoms in total. The topological polar surface area (TPSA) is 46.2 Å². The molecule has 0 saturated heterocycles. The number of sulfonamides is 1. The van der Waals surface area contributed by atoms with Crippen molar-refractivity contribution in [2.45, 2.75) is 59.8 Å². The van der Waals surface area contributed by atoms with E-state index in [4.69, 9.17) is 0 Å². The van der Waals surface area contributed by atoms with Crippen molar-refractivity contribution in [1.82, 2.24) is 4.72 Å². The third-order valence-electron chi connectivity index (χ3n) is 3.76. The van der Waals surface area contributed by atoms with E-state index in [1.54, 1.807) is 0 Å². The van der Waals surface area contributed by atoms with Crippen molar-refractivity contribution in [3.05, 3.63) is 0 Å². The summed E-state index contributed by atoms with van der Waals surface area (Å²) in [6, 6.07) is 0. The molecule has 0 fully saturated rings. The summed E-state index contributed by atoms with van der Waals surface area (Å²) in [6.45, 7) is -0.931. The van der Waals surface area contributed by atoms with Crippen molar-refractivity contribution in [3.63, 3.8) is 0 Å². The van der Waals surface area contributed by atoms with Crippen LogP contribution in [0.2, 0.25) is 0 Å². The van der Waals surface area contributed by atoms with Gasteiger partial charge in [0.25, 0.3) is 10.0 Å². The Balaban J connectivity index is 7.08. The second kappa shape index (κ2) is 8.05. The highest BCUT2D eigenvalue weighted by Crippen LogP contribution is 2.65. The molecule has 206 valence electrons. The van der Waals surface area contributed by atoms with Crippen molar-refractivity contribution < 1.29 is 91.8 Å². The van der Waals surface area contributed by atoms with Crippen molar-refractivity contribution in [3.8, 4) is 0 Å². The van der Waals surface area contributed by atoms with Crippen molar-refractivity contribution in [1.29, 1.82) is 0 Å². The standard InChI is InChI=1S/C11H6F19NO2S/c1-2-31-34(32,33)11(29,30)9(24,25)7(20,21)5(16,17)3(12,13)4(14,15)6(18,19)8(22,23)10(26,27)28/h31H,2H2,1H3. The number of halogens is 19. The number of hydrogen-bond acceptors (Lipinski definition) is 2. The molecule has 0 aliphatic heterocycles. The van der Waals surface area contributed by atoms with Gasteiger partial charge in [-0.2, -0.15) is 83.4 Å². The zero-order valence-electron chi connectivity index (χ0n) is 15.1. The number of hydrogen-bond donors (Lipinski definition) is 1. The van der Waals surface area contributed by atoms with Crippen LogP contribution in [-0.4, -0.2) is 67.9 Å². The Morgan fingerprint density at radius 1 is 0.471 bits per heavy atom. The van der Waals surface area contributed by atoms with Gasteiger partial charge in [0.05, 0.1) is 0 Å². The molecule has 0 aromatic heterocycles. The van der Waals surface area contributed by atoms with Gasteiger partial charge in [0, 0.05) is 6.54 Å². The molecule has 0 bridgehead atoms. The van der Waals surface area contributed by atoms with E-state index >= 15 is 0 Å². The van der Waals surface area contributed by atoms with Crippen LogP contribution in [0.5, 0.6) is 0 Å². The van der Waals surface area contributed by atoms with Crippen molar-refractivity contribution >= 4 is 10.0 Å². The quantitative estimate of drug-likeness (QED) is 0.348. The van der Waals surface area contributed by atoms with E-state index in [-0.39, 0.29) is 0 Å². The monoisotopic (exact) mass is 577 g/mol. The number of rotatable bonds is 10. The molecule has 0 unspecified atom stereocenters. The highest BCUT2D eigenvalue weighted by molar-refractivity contribution is 7.90. The molecule has 0 heterocycles. The molecular weight excluding hydrogens is 571 g/mol. The van der Waals surface area contributed by atoms with Crippen LogP contribution in [0.15, 0.2) is 0 Å². The van der Waals surface area contributed by atoms with E-state index in [0.29, 0.717) is 11.6 Å². The van der Waals surface area contributed by atoms with Crippen LogP contribution in [-0.2, 0) is 10.0 Å². The lowest BCUT2D eigenvalue weighted by molar-refractivity contribution is -0.466. The summed E-state index contributed by atoms with van der Waals surface area (Å²) in [4.78, 5) is 0. The number of nitrogens with one attached hydrogen (secondary N) is 1. The summed E-state index contributed by atoms with van der Waals surface area (Å²) >= 11 is 0. The number of alkyl halides is 19. The van der Waals surface area contributed by atoms with Crippen LogP contribution < -0.4 is 4.72 Å². The third-order valence-corrected chi connectivity index (χ3v) is 5.36. The summed E-state index contributed by atoms with van der Waals surface area (Å²) < 4.78 is 270. The first-order valence-corrected chi connectivity index (χ1v) is 8.88. The first kappa shape index (κ1) is 32.6. The Labute approximate surface area is 174 Å². The minimum Gasteiger partial charge on any atom is -0.210 e. The fourth-order valence-electron chi connectivity index (χ4n) is 1.80. The Morgan fingerprint density at radius 3 is 0.941 bits per heavy atom. The van der Waals surface area contributed by atoms with Crippen LogP contribution in [0.3, 0.4) is 0 Å². The Hall–Kier alpha value is -1.42. The summed E-state index contributed by atoms with van der Waals surface area (Å²) in [5, 5.41) is -7.62. The zero-order valence-corrected chi connectivity index (χ0v) is 15.9. The van der Waals surface area contributed by atoms with Gasteiger partial charge in [0.15, 0.2) is 0 Å². The third kappa shape index (κ3) is 3.83. The van der Waals surface area contributed by atoms with Crippen LogP contribution in [0.25, 0.3) is 0 Å².